The van der Waals surface area contributed by atoms with Gasteiger partial charge in [0.1, 0.15) is 0 Å². The average Bonchev–Trinajstić information content (AvgIpc) is 0.687. The SMILES string of the molecule is CC(C)(C)c1ccc(-c2cc(C(C)(C)C)cc(-c3ccc(C(C)(C)C)cc3)c2N2c3ccc(-c4ccccc4)cc3B3c4cc(-c5ccccc5)ccc4N(c4c(-c5ccc(C(C)(C)C)cc5)cc(C(C)(C)C)cc4-c4ccc(C(C)(C)C)cc4)c4cc(C5CCCCC5)cc2c43)cc1. The van der Waals surface area contributed by atoms with Gasteiger partial charge < -0.3 is 9.80 Å². The van der Waals surface area contributed by atoms with E-state index in [-0.39, 0.29) is 39.2 Å². The van der Waals surface area contributed by atoms with Gasteiger partial charge in [-0.1, -0.05) is 326 Å². The second-order valence-corrected chi connectivity index (χ2v) is 35.3. The first-order valence-electron chi connectivity index (χ1n) is 36.9. The van der Waals surface area contributed by atoms with Crippen molar-refractivity contribution < 1.29 is 0 Å². The molecule has 0 unspecified atom stereocenters. The van der Waals surface area contributed by atoms with Crippen molar-refractivity contribution in [2.24, 2.45) is 0 Å². The van der Waals surface area contributed by atoms with Crippen LogP contribution in [0.3, 0.4) is 0 Å². The molecule has 0 aromatic heterocycles. The Hall–Kier alpha value is -8.92. The molecule has 1 saturated carbocycles. The standard InChI is InChI=1S/C96H103BN2/c1-91(2,3)72-44-34-65(35-45-72)78-58-76(95(13,14)15)59-79(66-36-46-73(47-37-66)92(4,5)6)89(78)98-84-52-42-69(62-28-22-19-23-29-62)54-82(84)97-83-55-70(63-30-24-20-25-31-63)43-53-85(83)99(87-57-71(56-86(98)88(87)97)64-32-26-21-27-33-64)90-80(67-38-48-74(49-39-67)93(7,8)9)60-77(96(16,17)18)61-81(90)68-40-50-75(51-41-68)94(10,11)12/h19-20,22-25,28-31,34-61,64H,21,26-27,32-33H2,1-18H3. The maximum atomic E-state index is 2.80. The molecule has 2 heterocycles. The Bertz CT molecular complexity index is 4360. The smallest absolute Gasteiger partial charge is 0.252 e. The molecule has 14 rings (SSSR count). The van der Waals surface area contributed by atoms with E-state index in [1.165, 1.54) is 175 Å². The van der Waals surface area contributed by atoms with Gasteiger partial charge in [0.25, 0.3) is 6.71 Å². The van der Waals surface area contributed by atoms with Crippen LogP contribution in [0.4, 0.5) is 34.1 Å². The first-order valence-corrected chi connectivity index (χ1v) is 36.9. The highest BCUT2D eigenvalue weighted by Gasteiger charge is 2.47. The summed E-state index contributed by atoms with van der Waals surface area (Å²) in [7, 11) is 0. The molecule has 0 bridgehead atoms. The second kappa shape index (κ2) is 25.1. The maximum absolute atomic E-state index is 2.80. The van der Waals surface area contributed by atoms with Gasteiger partial charge in [0, 0.05) is 45.0 Å². The van der Waals surface area contributed by atoms with Gasteiger partial charge >= 0.3 is 0 Å². The molecule has 3 heteroatoms. The topological polar surface area (TPSA) is 6.48 Å². The normalized spacial score (nSPS) is 14.5. The van der Waals surface area contributed by atoms with Crippen molar-refractivity contribution in [1.82, 2.24) is 0 Å². The Balaban J connectivity index is 1.19. The molecule has 500 valence electrons. The van der Waals surface area contributed by atoms with Gasteiger partial charge in [-0.05, 0) is 200 Å². The number of fused-ring (bicyclic) bond motifs is 4. The Labute approximate surface area is 594 Å². The van der Waals surface area contributed by atoms with Crippen LogP contribution in [0, 0.1) is 0 Å². The number of nitrogens with zero attached hydrogens (tertiary/aromatic N) is 2. The third-order valence-corrected chi connectivity index (χ3v) is 22.0. The molecule has 0 atom stereocenters. The first kappa shape index (κ1) is 67.3. The highest BCUT2D eigenvalue weighted by atomic mass is 15.2. The van der Waals surface area contributed by atoms with E-state index in [1.54, 1.807) is 0 Å². The summed E-state index contributed by atoms with van der Waals surface area (Å²) in [6, 6.07) is 91.4. The fourth-order valence-corrected chi connectivity index (χ4v) is 15.9. The number of hydrogen-bond acceptors (Lipinski definition) is 2. The van der Waals surface area contributed by atoms with Crippen molar-refractivity contribution in [2.75, 3.05) is 9.80 Å². The van der Waals surface area contributed by atoms with Crippen molar-refractivity contribution in [3.8, 4) is 66.8 Å². The Kier molecular flexibility index (Phi) is 17.0. The second-order valence-electron chi connectivity index (χ2n) is 35.3. The zero-order valence-electron chi connectivity index (χ0n) is 62.5. The van der Waals surface area contributed by atoms with Crippen LogP contribution in [0.1, 0.15) is 202 Å². The Morgan fingerprint density at radius 2 is 0.545 bits per heavy atom. The molecular weight excluding hydrogens is 1190 g/mol. The molecule has 2 nitrogen and oxygen atoms in total. The van der Waals surface area contributed by atoms with Gasteiger partial charge in [0.15, 0.2) is 0 Å². The minimum Gasteiger partial charge on any atom is -0.310 e. The third kappa shape index (κ3) is 12.9. The highest BCUT2D eigenvalue weighted by Crippen LogP contribution is 2.56. The molecule has 1 fully saturated rings. The summed E-state index contributed by atoms with van der Waals surface area (Å²) in [5.41, 5.74) is 34.7. The zero-order valence-corrected chi connectivity index (χ0v) is 62.5. The number of anilines is 6. The molecule has 0 spiro atoms. The van der Waals surface area contributed by atoms with E-state index < -0.39 is 0 Å². The van der Waals surface area contributed by atoms with Crippen LogP contribution in [0.15, 0.2) is 231 Å². The summed E-state index contributed by atoms with van der Waals surface area (Å²) in [5.74, 6) is 0.375. The minimum atomic E-state index is -0.174. The molecule has 0 saturated heterocycles. The maximum Gasteiger partial charge on any atom is 0.252 e. The molecular formula is C96H103BN2. The molecule has 0 radical (unpaired) electrons. The summed E-state index contributed by atoms with van der Waals surface area (Å²) < 4.78 is 0. The molecule has 0 amide bonds. The lowest BCUT2D eigenvalue weighted by Crippen LogP contribution is -2.61. The Morgan fingerprint density at radius 3 is 0.828 bits per heavy atom. The predicted molar refractivity (Wildman–Crippen MR) is 431 cm³/mol. The van der Waals surface area contributed by atoms with Crippen molar-refractivity contribution in [2.45, 2.75) is 195 Å². The number of benzene rings is 11. The molecule has 11 aromatic rings. The van der Waals surface area contributed by atoms with E-state index >= 15 is 0 Å². The molecule has 0 N–H and O–H groups in total. The summed E-state index contributed by atoms with van der Waals surface area (Å²) in [6.07, 6.45) is 6.03. The molecule has 2 aliphatic heterocycles. The van der Waals surface area contributed by atoms with Crippen molar-refractivity contribution in [3.63, 3.8) is 0 Å². The van der Waals surface area contributed by atoms with Gasteiger partial charge in [-0.25, -0.2) is 0 Å². The van der Waals surface area contributed by atoms with E-state index in [0.717, 1.165) is 12.8 Å². The monoisotopic (exact) mass is 1290 g/mol. The lowest BCUT2D eigenvalue weighted by Gasteiger charge is -2.46. The summed E-state index contributed by atoms with van der Waals surface area (Å²) in [5, 5.41) is 0. The van der Waals surface area contributed by atoms with Gasteiger partial charge in [-0.3, -0.25) is 0 Å². The van der Waals surface area contributed by atoms with Crippen LogP contribution < -0.4 is 26.2 Å². The van der Waals surface area contributed by atoms with Crippen LogP contribution in [-0.2, 0) is 32.5 Å². The third-order valence-electron chi connectivity index (χ3n) is 22.0. The van der Waals surface area contributed by atoms with Crippen LogP contribution in [0.25, 0.3) is 66.8 Å². The molecule has 3 aliphatic rings. The number of rotatable bonds is 9. The zero-order chi connectivity index (χ0) is 69.9. The molecule has 11 aromatic carbocycles. The first-order chi connectivity index (χ1) is 46.9. The average molecular weight is 1300 g/mol. The van der Waals surface area contributed by atoms with E-state index in [4.69, 9.17) is 0 Å². The largest absolute Gasteiger partial charge is 0.310 e. The molecule has 1 aliphatic carbocycles. The summed E-state index contributed by atoms with van der Waals surface area (Å²) in [6.45, 7) is 42.2. The van der Waals surface area contributed by atoms with Crippen molar-refractivity contribution >= 4 is 57.2 Å². The van der Waals surface area contributed by atoms with Crippen LogP contribution >= 0.6 is 0 Å². The minimum absolute atomic E-state index is 0.0222. The van der Waals surface area contributed by atoms with Crippen LogP contribution in [0.2, 0.25) is 0 Å². The van der Waals surface area contributed by atoms with Crippen molar-refractivity contribution in [1.29, 1.82) is 0 Å². The van der Waals surface area contributed by atoms with Gasteiger partial charge in [0.2, 0.25) is 0 Å². The predicted octanol–water partition coefficient (Wildman–Crippen LogP) is 25.6. The molecule has 99 heavy (non-hydrogen) atoms. The fraction of sp³-hybridized carbons (Fsp3) is 0.312. The van der Waals surface area contributed by atoms with Gasteiger partial charge in [-0.15, -0.1) is 0 Å². The van der Waals surface area contributed by atoms with E-state index in [2.05, 4.69) is 365 Å². The summed E-state index contributed by atoms with van der Waals surface area (Å²) >= 11 is 0. The lowest BCUT2D eigenvalue weighted by atomic mass is 9.33. The van der Waals surface area contributed by atoms with E-state index in [9.17, 15) is 0 Å². The lowest BCUT2D eigenvalue weighted by molar-refractivity contribution is 0.444. The quantitative estimate of drug-likeness (QED) is 0.133. The fourth-order valence-electron chi connectivity index (χ4n) is 15.9. The van der Waals surface area contributed by atoms with E-state index in [1.807, 2.05) is 0 Å². The highest BCUT2D eigenvalue weighted by molar-refractivity contribution is 7.00. The van der Waals surface area contributed by atoms with Crippen LogP contribution in [-0.4, -0.2) is 6.71 Å². The summed E-state index contributed by atoms with van der Waals surface area (Å²) in [4.78, 5) is 5.59. The Morgan fingerprint density at radius 1 is 0.263 bits per heavy atom. The van der Waals surface area contributed by atoms with Crippen LogP contribution in [0.5, 0.6) is 0 Å². The van der Waals surface area contributed by atoms with E-state index in [0.29, 0.717) is 5.92 Å². The van der Waals surface area contributed by atoms with Crippen molar-refractivity contribution in [3.05, 3.63) is 269 Å². The number of hydrogen-bond donors (Lipinski definition) is 0. The van der Waals surface area contributed by atoms with Gasteiger partial charge in [0.05, 0.1) is 11.4 Å². The van der Waals surface area contributed by atoms with Gasteiger partial charge in [-0.2, -0.15) is 0 Å².